The molecule has 0 spiro atoms. The molecule has 0 saturated carbocycles. The molecule has 0 bridgehead atoms. The number of hydrogen-bond acceptors (Lipinski definition) is 3. The lowest BCUT2D eigenvalue weighted by molar-refractivity contribution is 0.0831. The summed E-state index contributed by atoms with van der Waals surface area (Å²) in [5.41, 5.74) is 1.30. The monoisotopic (exact) mass is 222 g/mol. The summed E-state index contributed by atoms with van der Waals surface area (Å²) in [6.07, 6.45) is 6.02. The Kier molecular flexibility index (Phi) is 6.04. The van der Waals surface area contributed by atoms with Crippen LogP contribution < -0.4 is 5.32 Å². The van der Waals surface area contributed by atoms with Gasteiger partial charge in [0.15, 0.2) is 0 Å². The van der Waals surface area contributed by atoms with Crippen molar-refractivity contribution >= 4 is 0 Å². The highest BCUT2D eigenvalue weighted by molar-refractivity contribution is 5.11. The Morgan fingerprint density at radius 2 is 2.06 bits per heavy atom. The van der Waals surface area contributed by atoms with Crippen LogP contribution in [0.5, 0.6) is 0 Å². The molecule has 0 aliphatic carbocycles. The maximum atomic E-state index is 5.40. The van der Waals surface area contributed by atoms with E-state index in [1.54, 1.807) is 7.11 Å². The zero-order valence-corrected chi connectivity index (χ0v) is 10.4. The second-order valence-electron chi connectivity index (χ2n) is 4.06. The van der Waals surface area contributed by atoms with Gasteiger partial charge < -0.3 is 10.1 Å². The molecular weight excluding hydrogens is 200 g/mol. The van der Waals surface area contributed by atoms with E-state index in [-0.39, 0.29) is 6.10 Å². The second kappa shape index (κ2) is 7.36. The normalized spacial score (nSPS) is 14.7. The van der Waals surface area contributed by atoms with Gasteiger partial charge in [0.1, 0.15) is 0 Å². The third kappa shape index (κ3) is 4.29. The van der Waals surface area contributed by atoms with E-state index in [2.05, 4.69) is 36.3 Å². The molecule has 0 aliphatic heterocycles. The fraction of sp³-hybridized carbons (Fsp3) is 0.615. The zero-order valence-electron chi connectivity index (χ0n) is 10.4. The van der Waals surface area contributed by atoms with E-state index < -0.39 is 0 Å². The van der Waals surface area contributed by atoms with Crippen molar-refractivity contribution in [2.45, 2.75) is 38.8 Å². The summed E-state index contributed by atoms with van der Waals surface area (Å²) in [7, 11) is 1.76. The highest BCUT2D eigenvalue weighted by Crippen LogP contribution is 2.07. The van der Waals surface area contributed by atoms with Crippen molar-refractivity contribution in [2.75, 3.05) is 13.7 Å². The van der Waals surface area contributed by atoms with Crippen molar-refractivity contribution < 1.29 is 4.74 Å². The first-order valence-corrected chi connectivity index (χ1v) is 5.93. The second-order valence-corrected chi connectivity index (χ2v) is 4.06. The van der Waals surface area contributed by atoms with E-state index >= 15 is 0 Å². The molecule has 1 aromatic rings. The van der Waals surface area contributed by atoms with Crippen LogP contribution in [-0.2, 0) is 11.2 Å². The Labute approximate surface area is 98.2 Å². The van der Waals surface area contributed by atoms with Gasteiger partial charge in [-0.2, -0.15) is 0 Å². The summed E-state index contributed by atoms with van der Waals surface area (Å²) in [5, 5.41) is 3.52. The molecule has 16 heavy (non-hydrogen) atoms. The molecule has 3 heteroatoms. The SMILES string of the molecule is CCCNC(Cc1ccncc1)C(C)OC. The minimum atomic E-state index is 0.222. The molecule has 2 unspecified atom stereocenters. The number of nitrogens with zero attached hydrogens (tertiary/aromatic N) is 1. The Morgan fingerprint density at radius 3 is 2.62 bits per heavy atom. The molecule has 0 saturated heterocycles. The van der Waals surface area contributed by atoms with E-state index in [1.165, 1.54) is 5.56 Å². The van der Waals surface area contributed by atoms with Crippen molar-refractivity contribution in [3.05, 3.63) is 30.1 Å². The number of nitrogens with one attached hydrogen (secondary N) is 1. The summed E-state index contributed by atoms with van der Waals surface area (Å²) < 4.78 is 5.40. The minimum Gasteiger partial charge on any atom is -0.380 e. The molecule has 90 valence electrons. The summed E-state index contributed by atoms with van der Waals surface area (Å²) in [4.78, 5) is 4.03. The Bertz CT molecular complexity index is 277. The largest absolute Gasteiger partial charge is 0.380 e. The van der Waals surface area contributed by atoms with Gasteiger partial charge in [-0.05, 0) is 44.0 Å². The van der Waals surface area contributed by atoms with E-state index in [4.69, 9.17) is 4.74 Å². The molecule has 1 rings (SSSR count). The fourth-order valence-corrected chi connectivity index (χ4v) is 1.67. The Hall–Kier alpha value is -0.930. The average molecular weight is 222 g/mol. The van der Waals surface area contributed by atoms with Crippen molar-refractivity contribution in [3.63, 3.8) is 0 Å². The van der Waals surface area contributed by atoms with Crippen LogP contribution >= 0.6 is 0 Å². The van der Waals surface area contributed by atoms with E-state index in [0.29, 0.717) is 6.04 Å². The minimum absolute atomic E-state index is 0.222. The summed E-state index contributed by atoms with van der Waals surface area (Å²) in [6.45, 7) is 5.31. The number of hydrogen-bond donors (Lipinski definition) is 1. The van der Waals surface area contributed by atoms with Gasteiger partial charge in [0, 0.05) is 25.5 Å². The lowest BCUT2D eigenvalue weighted by Gasteiger charge is -2.24. The maximum absolute atomic E-state index is 5.40. The van der Waals surface area contributed by atoms with Gasteiger partial charge in [0.05, 0.1) is 6.10 Å². The van der Waals surface area contributed by atoms with Crippen LogP contribution in [-0.4, -0.2) is 30.8 Å². The third-order valence-corrected chi connectivity index (χ3v) is 2.80. The lowest BCUT2D eigenvalue weighted by atomic mass is 10.0. The summed E-state index contributed by atoms with van der Waals surface area (Å²) >= 11 is 0. The molecule has 0 amide bonds. The predicted octanol–water partition coefficient (Wildman–Crippen LogP) is 2.03. The number of aromatic nitrogens is 1. The van der Waals surface area contributed by atoms with Gasteiger partial charge in [0.25, 0.3) is 0 Å². The summed E-state index contributed by atoms with van der Waals surface area (Å²) in [6, 6.07) is 4.48. The number of methoxy groups -OCH3 is 1. The van der Waals surface area contributed by atoms with Gasteiger partial charge in [-0.1, -0.05) is 6.92 Å². The van der Waals surface area contributed by atoms with Crippen LogP contribution in [0, 0.1) is 0 Å². The molecule has 1 aromatic heterocycles. The topological polar surface area (TPSA) is 34.2 Å². The average Bonchev–Trinajstić information content (AvgIpc) is 2.34. The maximum Gasteiger partial charge on any atom is 0.0699 e. The van der Waals surface area contributed by atoms with Gasteiger partial charge in [-0.3, -0.25) is 4.98 Å². The first kappa shape index (κ1) is 13.1. The Balaban J connectivity index is 2.56. The third-order valence-electron chi connectivity index (χ3n) is 2.80. The van der Waals surface area contributed by atoms with Gasteiger partial charge in [-0.25, -0.2) is 0 Å². The number of rotatable bonds is 7. The first-order valence-electron chi connectivity index (χ1n) is 5.93. The van der Waals surface area contributed by atoms with E-state index in [0.717, 1.165) is 19.4 Å². The quantitative estimate of drug-likeness (QED) is 0.766. The van der Waals surface area contributed by atoms with Crippen molar-refractivity contribution in [1.29, 1.82) is 0 Å². The molecule has 1 N–H and O–H groups in total. The smallest absolute Gasteiger partial charge is 0.0699 e. The standard InChI is InChI=1S/C13H22N2O/c1-4-7-15-13(11(2)16-3)10-12-5-8-14-9-6-12/h5-6,8-9,11,13,15H,4,7,10H2,1-3H3. The number of pyridine rings is 1. The predicted molar refractivity (Wildman–Crippen MR) is 66.5 cm³/mol. The molecule has 0 fully saturated rings. The first-order chi connectivity index (χ1) is 7.77. The highest BCUT2D eigenvalue weighted by atomic mass is 16.5. The van der Waals surface area contributed by atoms with Gasteiger partial charge in [0.2, 0.25) is 0 Å². The van der Waals surface area contributed by atoms with Gasteiger partial charge >= 0.3 is 0 Å². The van der Waals surface area contributed by atoms with Gasteiger partial charge in [-0.15, -0.1) is 0 Å². The molecule has 1 heterocycles. The highest BCUT2D eigenvalue weighted by Gasteiger charge is 2.16. The lowest BCUT2D eigenvalue weighted by Crippen LogP contribution is -2.41. The fourth-order valence-electron chi connectivity index (χ4n) is 1.67. The van der Waals surface area contributed by atoms with Crippen LogP contribution in [0.1, 0.15) is 25.8 Å². The van der Waals surface area contributed by atoms with Crippen LogP contribution in [0.2, 0.25) is 0 Å². The Morgan fingerprint density at radius 1 is 1.38 bits per heavy atom. The van der Waals surface area contributed by atoms with E-state index in [1.807, 2.05) is 12.4 Å². The molecule has 0 aliphatic rings. The molecule has 2 atom stereocenters. The van der Waals surface area contributed by atoms with Crippen molar-refractivity contribution in [1.82, 2.24) is 10.3 Å². The van der Waals surface area contributed by atoms with Crippen LogP contribution in [0.25, 0.3) is 0 Å². The number of ether oxygens (including phenoxy) is 1. The van der Waals surface area contributed by atoms with Crippen LogP contribution in [0.3, 0.4) is 0 Å². The molecule has 0 radical (unpaired) electrons. The molecular formula is C13H22N2O. The van der Waals surface area contributed by atoms with E-state index in [9.17, 15) is 0 Å². The van der Waals surface area contributed by atoms with Crippen LogP contribution in [0.15, 0.2) is 24.5 Å². The molecule has 3 nitrogen and oxygen atoms in total. The van der Waals surface area contributed by atoms with Crippen LogP contribution in [0.4, 0.5) is 0 Å². The van der Waals surface area contributed by atoms with Crippen molar-refractivity contribution in [2.24, 2.45) is 0 Å². The van der Waals surface area contributed by atoms with Crippen molar-refractivity contribution in [3.8, 4) is 0 Å². The molecule has 0 aromatic carbocycles. The summed E-state index contributed by atoms with van der Waals surface area (Å²) in [5.74, 6) is 0. The zero-order chi connectivity index (χ0) is 11.8.